The molecule has 0 bridgehead atoms. The Morgan fingerprint density at radius 1 is 1.30 bits per heavy atom. The number of aromatic nitrogens is 1. The van der Waals surface area contributed by atoms with E-state index in [0.29, 0.717) is 30.6 Å². The van der Waals surface area contributed by atoms with Crippen LogP contribution < -0.4 is 4.87 Å². The molecule has 0 amide bonds. The summed E-state index contributed by atoms with van der Waals surface area (Å²) in [6.07, 6.45) is 2.86. The summed E-state index contributed by atoms with van der Waals surface area (Å²) in [4.78, 5) is 13.6. The molecule has 114 valence electrons. The van der Waals surface area contributed by atoms with Crippen molar-refractivity contribution in [2.24, 2.45) is 11.8 Å². The topological polar surface area (TPSA) is 70.2 Å². The van der Waals surface area contributed by atoms with Gasteiger partial charge in [-0.1, -0.05) is 25.2 Å². The zero-order valence-corrected chi connectivity index (χ0v) is 13.8. The quantitative estimate of drug-likeness (QED) is 0.928. The average Bonchev–Trinajstić information content (AvgIpc) is 2.59. The van der Waals surface area contributed by atoms with E-state index in [-0.39, 0.29) is 9.08 Å². The van der Waals surface area contributed by atoms with Gasteiger partial charge in [-0.25, -0.2) is 8.42 Å². The second-order valence-corrected chi connectivity index (χ2v) is 8.88. The average molecular weight is 318 g/mol. The van der Waals surface area contributed by atoms with Crippen LogP contribution in [0.1, 0.15) is 38.8 Å². The number of hydrogen-bond donors (Lipinski definition) is 1. The second kappa shape index (κ2) is 5.99. The maximum absolute atomic E-state index is 12.6. The van der Waals surface area contributed by atoms with E-state index in [0.717, 1.165) is 30.6 Å². The molecule has 2 heterocycles. The zero-order chi connectivity index (χ0) is 14.9. The van der Waals surface area contributed by atoms with Crippen LogP contribution in [0.5, 0.6) is 0 Å². The number of sulfonamides is 1. The standard InChI is InChI=1S/C13H22N2O3S2/c1-9(2)11-5-4-7-15(8-6-11)20(17,18)12-10(3)14-13(16)19-12/h9,11H,4-8H2,1-3H3,(H,14,16). The van der Waals surface area contributed by atoms with Crippen molar-refractivity contribution in [3.8, 4) is 0 Å². The molecule has 1 aromatic rings. The largest absolute Gasteiger partial charge is 0.315 e. The van der Waals surface area contributed by atoms with Gasteiger partial charge in [0.15, 0.2) is 4.21 Å². The minimum absolute atomic E-state index is 0.172. The Hall–Kier alpha value is -0.660. The van der Waals surface area contributed by atoms with Crippen molar-refractivity contribution in [3.05, 3.63) is 15.4 Å². The van der Waals surface area contributed by atoms with Gasteiger partial charge in [0.05, 0.1) is 0 Å². The summed E-state index contributed by atoms with van der Waals surface area (Å²) in [5.41, 5.74) is 0.449. The lowest BCUT2D eigenvalue weighted by Crippen LogP contribution is -2.32. The Morgan fingerprint density at radius 2 is 2.00 bits per heavy atom. The third-order valence-electron chi connectivity index (χ3n) is 4.03. The Bertz CT molecular complexity index is 616. The highest BCUT2D eigenvalue weighted by Crippen LogP contribution is 2.28. The third kappa shape index (κ3) is 3.15. The first kappa shape index (κ1) is 15.7. The molecular weight excluding hydrogens is 296 g/mol. The summed E-state index contributed by atoms with van der Waals surface area (Å²) in [6.45, 7) is 7.13. The van der Waals surface area contributed by atoms with Gasteiger partial charge in [0.1, 0.15) is 0 Å². The van der Waals surface area contributed by atoms with E-state index in [1.54, 1.807) is 11.2 Å². The molecule has 1 fully saturated rings. The molecule has 1 unspecified atom stereocenters. The minimum atomic E-state index is -3.52. The monoisotopic (exact) mass is 318 g/mol. The Kier molecular flexibility index (Phi) is 4.71. The summed E-state index contributed by atoms with van der Waals surface area (Å²) in [5, 5.41) is 0. The van der Waals surface area contributed by atoms with Crippen molar-refractivity contribution in [2.45, 2.75) is 44.2 Å². The molecule has 0 spiro atoms. The normalized spacial score (nSPS) is 22.1. The van der Waals surface area contributed by atoms with Gasteiger partial charge < -0.3 is 4.98 Å². The number of rotatable bonds is 3. The minimum Gasteiger partial charge on any atom is -0.315 e. The van der Waals surface area contributed by atoms with E-state index in [1.807, 2.05) is 0 Å². The van der Waals surface area contributed by atoms with Gasteiger partial charge in [-0.2, -0.15) is 4.31 Å². The molecular formula is C13H22N2O3S2. The fourth-order valence-electron chi connectivity index (χ4n) is 2.76. The molecule has 1 N–H and O–H groups in total. The fourth-order valence-corrected chi connectivity index (χ4v) is 5.69. The van der Waals surface area contributed by atoms with Gasteiger partial charge in [0, 0.05) is 18.8 Å². The van der Waals surface area contributed by atoms with E-state index in [1.165, 1.54) is 0 Å². The number of nitrogens with one attached hydrogen (secondary N) is 1. The SMILES string of the molecule is Cc1[nH]c(=O)sc1S(=O)(=O)N1CCCC(C(C)C)CC1. The van der Waals surface area contributed by atoms with Crippen LogP contribution in [0, 0.1) is 18.8 Å². The van der Waals surface area contributed by atoms with Gasteiger partial charge in [-0.05, 0) is 38.0 Å². The highest BCUT2D eigenvalue weighted by Gasteiger charge is 2.31. The van der Waals surface area contributed by atoms with Gasteiger partial charge in [-0.15, -0.1) is 0 Å². The first-order valence-corrected chi connectivity index (χ1v) is 9.28. The molecule has 0 saturated carbocycles. The lowest BCUT2D eigenvalue weighted by Gasteiger charge is -2.20. The molecule has 0 aromatic carbocycles. The molecule has 1 atom stereocenters. The van der Waals surface area contributed by atoms with Crippen LogP contribution in [0.4, 0.5) is 0 Å². The number of H-pyrrole nitrogens is 1. The van der Waals surface area contributed by atoms with Gasteiger partial charge >= 0.3 is 4.87 Å². The highest BCUT2D eigenvalue weighted by molar-refractivity contribution is 7.91. The Balaban J connectivity index is 2.22. The lowest BCUT2D eigenvalue weighted by atomic mass is 9.89. The third-order valence-corrected chi connectivity index (χ3v) is 7.51. The maximum atomic E-state index is 12.6. The van der Waals surface area contributed by atoms with E-state index in [4.69, 9.17) is 0 Å². The summed E-state index contributed by atoms with van der Waals surface area (Å²) >= 11 is 0.788. The van der Waals surface area contributed by atoms with Gasteiger partial charge in [0.2, 0.25) is 0 Å². The number of thiazole rings is 1. The van der Waals surface area contributed by atoms with E-state index >= 15 is 0 Å². The molecule has 1 aromatic heterocycles. The van der Waals surface area contributed by atoms with Crippen molar-refractivity contribution in [2.75, 3.05) is 13.1 Å². The molecule has 1 aliphatic heterocycles. The van der Waals surface area contributed by atoms with Crippen LogP contribution >= 0.6 is 11.3 Å². The lowest BCUT2D eigenvalue weighted by molar-refractivity contribution is 0.341. The molecule has 20 heavy (non-hydrogen) atoms. The fraction of sp³-hybridized carbons (Fsp3) is 0.769. The molecule has 1 aliphatic rings. The number of aromatic amines is 1. The second-order valence-electron chi connectivity index (χ2n) is 5.77. The van der Waals surface area contributed by atoms with E-state index in [9.17, 15) is 13.2 Å². The molecule has 7 heteroatoms. The van der Waals surface area contributed by atoms with Gasteiger partial charge in [0.25, 0.3) is 10.0 Å². The number of hydrogen-bond acceptors (Lipinski definition) is 4. The Labute approximate surface area is 124 Å². The van der Waals surface area contributed by atoms with Crippen LogP contribution in [0.15, 0.2) is 9.00 Å². The molecule has 5 nitrogen and oxygen atoms in total. The highest BCUT2D eigenvalue weighted by atomic mass is 32.2. The van der Waals surface area contributed by atoms with E-state index < -0.39 is 10.0 Å². The van der Waals surface area contributed by atoms with Crippen LogP contribution in [0.25, 0.3) is 0 Å². The van der Waals surface area contributed by atoms with Gasteiger partial charge in [-0.3, -0.25) is 4.79 Å². The van der Waals surface area contributed by atoms with Crippen LogP contribution in [0.2, 0.25) is 0 Å². The predicted octanol–water partition coefficient (Wildman–Crippen LogP) is 2.19. The number of nitrogens with zero attached hydrogens (tertiary/aromatic N) is 1. The van der Waals surface area contributed by atoms with Crippen molar-refractivity contribution >= 4 is 21.4 Å². The zero-order valence-electron chi connectivity index (χ0n) is 12.2. The van der Waals surface area contributed by atoms with Crippen LogP contribution in [0.3, 0.4) is 0 Å². The Morgan fingerprint density at radius 3 is 2.55 bits per heavy atom. The summed E-state index contributed by atoms with van der Waals surface area (Å²) < 4.78 is 27.0. The molecule has 0 radical (unpaired) electrons. The molecule has 2 rings (SSSR count). The smallest absolute Gasteiger partial charge is 0.305 e. The van der Waals surface area contributed by atoms with E-state index in [2.05, 4.69) is 18.8 Å². The van der Waals surface area contributed by atoms with Crippen molar-refractivity contribution in [1.82, 2.24) is 9.29 Å². The van der Waals surface area contributed by atoms with Crippen molar-refractivity contribution in [3.63, 3.8) is 0 Å². The molecule has 1 saturated heterocycles. The van der Waals surface area contributed by atoms with Crippen molar-refractivity contribution < 1.29 is 8.42 Å². The van der Waals surface area contributed by atoms with Crippen LogP contribution in [-0.2, 0) is 10.0 Å². The number of aryl methyl sites for hydroxylation is 1. The summed E-state index contributed by atoms with van der Waals surface area (Å²) in [7, 11) is -3.52. The maximum Gasteiger partial charge on any atom is 0.305 e. The van der Waals surface area contributed by atoms with Crippen molar-refractivity contribution in [1.29, 1.82) is 0 Å². The summed E-state index contributed by atoms with van der Waals surface area (Å²) in [6, 6.07) is 0. The van der Waals surface area contributed by atoms with Crippen LogP contribution in [-0.4, -0.2) is 30.8 Å². The summed E-state index contributed by atoms with van der Waals surface area (Å²) in [5.74, 6) is 1.17. The first-order valence-electron chi connectivity index (χ1n) is 7.02. The predicted molar refractivity (Wildman–Crippen MR) is 80.6 cm³/mol. The molecule has 0 aliphatic carbocycles. The first-order chi connectivity index (χ1) is 9.32.